The van der Waals surface area contributed by atoms with Crippen LogP contribution in [0.2, 0.25) is 0 Å². The number of hydrazine groups is 1. The van der Waals surface area contributed by atoms with E-state index in [4.69, 9.17) is 0 Å². The largest absolute Gasteiger partial charge is 0.349 e. The van der Waals surface area contributed by atoms with Crippen molar-refractivity contribution in [2.45, 2.75) is 44.1 Å². The van der Waals surface area contributed by atoms with Crippen molar-refractivity contribution in [1.29, 1.82) is 0 Å². The van der Waals surface area contributed by atoms with E-state index < -0.39 is 0 Å². The second kappa shape index (κ2) is 6.96. The Bertz CT molecular complexity index is 770. The molecule has 0 saturated carbocycles. The molecule has 7 heteroatoms. The molecule has 1 aromatic carbocycles. The number of rotatable bonds is 3. The van der Waals surface area contributed by atoms with Gasteiger partial charge < -0.3 is 5.32 Å². The Kier molecular flexibility index (Phi) is 4.63. The van der Waals surface area contributed by atoms with Crippen molar-refractivity contribution in [1.82, 2.24) is 20.7 Å². The minimum absolute atomic E-state index is 0.00236. The average molecular weight is 370 g/mol. The summed E-state index contributed by atoms with van der Waals surface area (Å²) in [7, 11) is 0. The quantitative estimate of drug-likeness (QED) is 0.827. The minimum atomic E-state index is -0.0903. The first kappa shape index (κ1) is 18.0. The van der Waals surface area contributed by atoms with Crippen molar-refractivity contribution < 1.29 is 14.4 Å². The molecule has 2 aliphatic heterocycles. The van der Waals surface area contributed by atoms with Gasteiger partial charge in [0.15, 0.2) is 0 Å². The van der Waals surface area contributed by atoms with E-state index in [9.17, 15) is 14.4 Å². The highest BCUT2D eigenvalue weighted by atomic mass is 16.2. The molecule has 144 valence electrons. The van der Waals surface area contributed by atoms with E-state index in [1.807, 2.05) is 6.07 Å². The number of carbonyl (C=O) groups is 3. The third-order valence-electron chi connectivity index (χ3n) is 6.18. The molecule has 3 amide bonds. The van der Waals surface area contributed by atoms with E-state index >= 15 is 0 Å². The van der Waals surface area contributed by atoms with E-state index in [-0.39, 0.29) is 29.2 Å². The smallest absolute Gasteiger partial charge is 0.255 e. The van der Waals surface area contributed by atoms with Crippen LogP contribution in [0.5, 0.6) is 0 Å². The lowest BCUT2D eigenvalue weighted by molar-refractivity contribution is -0.137. The summed E-state index contributed by atoms with van der Waals surface area (Å²) in [4.78, 5) is 37.4. The van der Waals surface area contributed by atoms with Gasteiger partial charge in [-0.3, -0.25) is 29.7 Å². The summed E-state index contributed by atoms with van der Waals surface area (Å²) in [6, 6.07) is 8.49. The van der Waals surface area contributed by atoms with Crippen molar-refractivity contribution >= 4 is 17.7 Å². The third-order valence-corrected chi connectivity index (χ3v) is 6.18. The monoisotopic (exact) mass is 370 g/mol. The molecule has 2 N–H and O–H groups in total. The van der Waals surface area contributed by atoms with Crippen molar-refractivity contribution in [2.24, 2.45) is 0 Å². The number of carbonyl (C=O) groups excluding carboxylic acids is 3. The maximum atomic E-state index is 12.4. The van der Waals surface area contributed by atoms with Gasteiger partial charge in [-0.15, -0.1) is 0 Å². The van der Waals surface area contributed by atoms with Gasteiger partial charge in [0.25, 0.3) is 5.91 Å². The average Bonchev–Trinajstić information content (AvgIpc) is 3.20. The van der Waals surface area contributed by atoms with Gasteiger partial charge in [0.05, 0.1) is 19.1 Å². The van der Waals surface area contributed by atoms with Crippen LogP contribution in [0.4, 0.5) is 0 Å². The molecule has 7 nitrogen and oxygen atoms in total. The zero-order chi connectivity index (χ0) is 19.0. The van der Waals surface area contributed by atoms with Gasteiger partial charge in [-0.1, -0.05) is 24.3 Å². The molecule has 0 bridgehead atoms. The van der Waals surface area contributed by atoms with Crippen LogP contribution in [0, 0.1) is 0 Å². The van der Waals surface area contributed by atoms with Crippen molar-refractivity contribution in [3.05, 3.63) is 35.4 Å². The number of fused-ring (bicyclic) bond motifs is 2. The standard InChI is InChI=1S/C20H26N4O3/c1-14(25)21-17-12-20(16-5-3-2-4-15(16)17)7-10-23(11-8-20)13-19(27)24-9-6-18(26)22-24/h2-5,17H,6-13H2,1H3,(H,21,25)(H,22,26)/t17-/m0/s1. The second-order valence-electron chi connectivity index (χ2n) is 7.93. The predicted molar refractivity (Wildman–Crippen MR) is 99.4 cm³/mol. The highest BCUT2D eigenvalue weighted by molar-refractivity contribution is 5.86. The second-order valence-corrected chi connectivity index (χ2v) is 7.93. The fourth-order valence-corrected chi connectivity index (χ4v) is 4.82. The maximum Gasteiger partial charge on any atom is 0.255 e. The van der Waals surface area contributed by atoms with Crippen molar-refractivity contribution in [3.63, 3.8) is 0 Å². The number of hydrogen-bond acceptors (Lipinski definition) is 4. The van der Waals surface area contributed by atoms with Crippen LogP contribution in [-0.4, -0.2) is 53.8 Å². The molecule has 1 atom stereocenters. The van der Waals surface area contributed by atoms with E-state index in [1.165, 1.54) is 16.1 Å². The summed E-state index contributed by atoms with van der Waals surface area (Å²) >= 11 is 0. The Morgan fingerprint density at radius 1 is 1.22 bits per heavy atom. The molecule has 2 fully saturated rings. The third kappa shape index (κ3) is 3.43. The van der Waals surface area contributed by atoms with Gasteiger partial charge in [0, 0.05) is 18.8 Å². The minimum Gasteiger partial charge on any atom is -0.349 e. The number of likely N-dealkylation sites (tertiary alicyclic amines) is 1. The molecule has 1 spiro atoms. The van der Waals surface area contributed by atoms with Gasteiger partial charge in [0.2, 0.25) is 11.8 Å². The molecule has 2 heterocycles. The summed E-state index contributed by atoms with van der Waals surface area (Å²) in [6.45, 7) is 4.05. The first-order valence-corrected chi connectivity index (χ1v) is 9.66. The van der Waals surface area contributed by atoms with E-state index in [2.05, 4.69) is 33.8 Å². The fraction of sp³-hybridized carbons (Fsp3) is 0.550. The Morgan fingerprint density at radius 2 is 1.96 bits per heavy atom. The Labute approximate surface area is 159 Å². The zero-order valence-electron chi connectivity index (χ0n) is 15.7. The molecular weight excluding hydrogens is 344 g/mol. The number of hydrogen-bond donors (Lipinski definition) is 2. The van der Waals surface area contributed by atoms with Crippen LogP contribution in [0.25, 0.3) is 0 Å². The lowest BCUT2D eigenvalue weighted by atomic mass is 9.73. The van der Waals surface area contributed by atoms with Crippen LogP contribution in [0.3, 0.4) is 0 Å². The van der Waals surface area contributed by atoms with Crippen LogP contribution in [0.15, 0.2) is 24.3 Å². The molecule has 3 aliphatic rings. The predicted octanol–water partition coefficient (Wildman–Crippen LogP) is 0.865. The summed E-state index contributed by atoms with van der Waals surface area (Å²) in [6.07, 6.45) is 3.26. The fourth-order valence-electron chi connectivity index (χ4n) is 4.82. The van der Waals surface area contributed by atoms with Gasteiger partial charge in [0.1, 0.15) is 0 Å². The molecule has 27 heavy (non-hydrogen) atoms. The van der Waals surface area contributed by atoms with Crippen LogP contribution >= 0.6 is 0 Å². The van der Waals surface area contributed by atoms with E-state index in [0.717, 1.165) is 32.4 Å². The van der Waals surface area contributed by atoms with Crippen LogP contribution < -0.4 is 10.7 Å². The molecule has 0 radical (unpaired) electrons. The summed E-state index contributed by atoms with van der Waals surface area (Å²) in [5.74, 6) is -0.130. The number of nitrogens with zero attached hydrogens (tertiary/aromatic N) is 2. The lowest BCUT2D eigenvalue weighted by Gasteiger charge is -2.40. The molecule has 0 aromatic heterocycles. The molecule has 1 aromatic rings. The Balaban J connectivity index is 1.41. The van der Waals surface area contributed by atoms with Gasteiger partial charge in [-0.2, -0.15) is 0 Å². The molecule has 0 unspecified atom stereocenters. The van der Waals surface area contributed by atoms with Crippen molar-refractivity contribution in [3.8, 4) is 0 Å². The molecule has 1 aliphatic carbocycles. The lowest BCUT2D eigenvalue weighted by Crippen LogP contribution is -2.48. The summed E-state index contributed by atoms with van der Waals surface area (Å²) in [5, 5.41) is 4.54. The number of benzene rings is 1. The maximum absolute atomic E-state index is 12.4. The first-order chi connectivity index (χ1) is 13.0. The Morgan fingerprint density at radius 3 is 2.63 bits per heavy atom. The van der Waals surface area contributed by atoms with Gasteiger partial charge in [-0.05, 0) is 43.5 Å². The SMILES string of the molecule is CC(=O)N[C@H]1CC2(CCN(CC(=O)N3CCC(=O)N3)CC2)c2ccccc21. The summed E-state index contributed by atoms with van der Waals surface area (Å²) in [5.41, 5.74) is 5.26. The van der Waals surface area contributed by atoms with Crippen LogP contribution in [0.1, 0.15) is 49.8 Å². The first-order valence-electron chi connectivity index (χ1n) is 9.66. The topological polar surface area (TPSA) is 81.8 Å². The molecule has 4 rings (SSSR count). The van der Waals surface area contributed by atoms with Crippen molar-refractivity contribution in [2.75, 3.05) is 26.2 Å². The number of amides is 3. The highest BCUT2D eigenvalue weighted by Crippen LogP contribution is 2.50. The highest BCUT2D eigenvalue weighted by Gasteiger charge is 2.45. The number of piperidine rings is 1. The summed E-state index contributed by atoms with van der Waals surface area (Å²) < 4.78 is 0. The van der Waals surface area contributed by atoms with E-state index in [0.29, 0.717) is 19.5 Å². The van der Waals surface area contributed by atoms with Gasteiger partial charge >= 0.3 is 0 Å². The molecular formula is C20H26N4O3. The van der Waals surface area contributed by atoms with Gasteiger partial charge in [-0.25, -0.2) is 0 Å². The normalized spacial score (nSPS) is 24.0. The van der Waals surface area contributed by atoms with E-state index in [1.54, 1.807) is 6.92 Å². The Hall–Kier alpha value is -2.41. The number of nitrogens with one attached hydrogen (secondary N) is 2. The van der Waals surface area contributed by atoms with Crippen LogP contribution in [-0.2, 0) is 19.8 Å². The molecule has 2 saturated heterocycles. The zero-order valence-corrected chi connectivity index (χ0v) is 15.7.